The van der Waals surface area contributed by atoms with Crippen LogP contribution in [0.1, 0.15) is 42.2 Å². The number of carbonyl (C=O) groups excluding carboxylic acids is 1. The summed E-state index contributed by atoms with van der Waals surface area (Å²) >= 11 is 1.60. The van der Waals surface area contributed by atoms with Crippen molar-refractivity contribution in [1.82, 2.24) is 9.80 Å². The fraction of sp³-hybridized carbons (Fsp3) is 0.714. The van der Waals surface area contributed by atoms with Crippen LogP contribution in [0.25, 0.3) is 0 Å². The third-order valence-electron chi connectivity index (χ3n) is 5.92. The first-order valence-corrected chi connectivity index (χ1v) is 11.1. The van der Waals surface area contributed by atoms with E-state index in [1.165, 1.54) is 10.4 Å². The Balaban J connectivity index is 1.59. The molecular formula is C21H32N4O2S. The first kappa shape index (κ1) is 21.3. The molecule has 1 saturated heterocycles. The summed E-state index contributed by atoms with van der Waals surface area (Å²) in [5, 5.41) is 13.4. The molecule has 2 heterocycles. The quantitative estimate of drug-likeness (QED) is 0.722. The minimum atomic E-state index is -0.00501. The van der Waals surface area contributed by atoms with Gasteiger partial charge in [-0.1, -0.05) is 6.92 Å². The van der Waals surface area contributed by atoms with Crippen LogP contribution in [0.2, 0.25) is 0 Å². The van der Waals surface area contributed by atoms with Gasteiger partial charge in [-0.25, -0.2) is 0 Å². The molecule has 2 aliphatic rings. The molecule has 0 bridgehead atoms. The van der Waals surface area contributed by atoms with Crippen LogP contribution >= 0.6 is 11.3 Å². The van der Waals surface area contributed by atoms with Gasteiger partial charge in [0.2, 0.25) is 5.91 Å². The molecule has 1 amide bonds. The highest BCUT2D eigenvalue weighted by atomic mass is 32.1. The molecule has 1 aliphatic heterocycles. The smallest absolute Gasteiger partial charge is 0.239 e. The number of nitriles is 1. The van der Waals surface area contributed by atoms with Crippen molar-refractivity contribution in [2.75, 3.05) is 52.3 Å². The lowest BCUT2D eigenvalue weighted by Gasteiger charge is -2.28. The number of nitrogens with zero attached hydrogens (tertiary/aromatic N) is 3. The summed E-state index contributed by atoms with van der Waals surface area (Å²) in [7, 11) is 3.82. The van der Waals surface area contributed by atoms with Crippen LogP contribution < -0.4 is 5.32 Å². The van der Waals surface area contributed by atoms with Gasteiger partial charge in [-0.05, 0) is 57.2 Å². The molecule has 0 unspecified atom stereocenters. The molecule has 3 rings (SSSR count). The maximum atomic E-state index is 12.7. The van der Waals surface area contributed by atoms with Crippen LogP contribution in [0.4, 0.5) is 5.00 Å². The molecule has 1 aromatic heterocycles. The maximum Gasteiger partial charge on any atom is 0.239 e. The topological polar surface area (TPSA) is 68.6 Å². The number of fused-ring (bicyclic) bond motifs is 1. The molecule has 0 radical (unpaired) electrons. The summed E-state index contributed by atoms with van der Waals surface area (Å²) in [6.45, 7) is 6.18. The molecule has 1 aliphatic carbocycles. The Kier molecular flexibility index (Phi) is 7.47. The van der Waals surface area contributed by atoms with Crippen molar-refractivity contribution in [3.05, 3.63) is 16.0 Å². The highest BCUT2D eigenvalue weighted by Gasteiger charge is 2.29. The summed E-state index contributed by atoms with van der Waals surface area (Å²) < 4.78 is 5.15. The Morgan fingerprint density at radius 2 is 2.29 bits per heavy atom. The number of likely N-dealkylation sites (N-methyl/N-ethyl adjacent to an activating group) is 1. The zero-order chi connectivity index (χ0) is 20.1. The van der Waals surface area contributed by atoms with Crippen molar-refractivity contribution >= 4 is 22.2 Å². The van der Waals surface area contributed by atoms with Crippen LogP contribution in [0.3, 0.4) is 0 Å². The van der Waals surface area contributed by atoms with Crippen LogP contribution in [0.15, 0.2) is 0 Å². The van der Waals surface area contributed by atoms with Gasteiger partial charge in [0.15, 0.2) is 0 Å². The van der Waals surface area contributed by atoms with E-state index >= 15 is 0 Å². The van der Waals surface area contributed by atoms with E-state index in [0.717, 1.165) is 63.3 Å². The Morgan fingerprint density at radius 1 is 1.46 bits per heavy atom. The highest BCUT2D eigenvalue weighted by Crippen LogP contribution is 2.39. The molecule has 0 saturated carbocycles. The lowest BCUT2D eigenvalue weighted by molar-refractivity contribution is -0.117. The van der Waals surface area contributed by atoms with Crippen LogP contribution in [0.5, 0.6) is 0 Å². The average molecular weight is 405 g/mol. The van der Waals surface area contributed by atoms with Crippen molar-refractivity contribution in [1.29, 1.82) is 5.26 Å². The van der Waals surface area contributed by atoms with Gasteiger partial charge < -0.3 is 15.0 Å². The van der Waals surface area contributed by atoms with E-state index in [1.807, 2.05) is 0 Å². The van der Waals surface area contributed by atoms with Crippen molar-refractivity contribution in [2.45, 2.75) is 45.1 Å². The van der Waals surface area contributed by atoms with Gasteiger partial charge in [-0.15, -0.1) is 11.3 Å². The Bertz CT molecular complexity index is 727. The zero-order valence-corrected chi connectivity index (χ0v) is 18.1. The summed E-state index contributed by atoms with van der Waals surface area (Å²) in [5.74, 6) is 0.649. The van der Waals surface area contributed by atoms with E-state index in [-0.39, 0.29) is 5.91 Å². The Hall–Kier alpha value is -1.46. The van der Waals surface area contributed by atoms with Gasteiger partial charge in [-0.3, -0.25) is 9.69 Å². The van der Waals surface area contributed by atoms with E-state index in [0.29, 0.717) is 24.1 Å². The largest absolute Gasteiger partial charge is 0.383 e. The Morgan fingerprint density at radius 3 is 3.04 bits per heavy atom. The van der Waals surface area contributed by atoms with Crippen LogP contribution in [0, 0.1) is 17.2 Å². The Labute approximate surface area is 172 Å². The lowest BCUT2D eigenvalue weighted by atomic mass is 9.89. The second kappa shape index (κ2) is 9.84. The number of anilines is 1. The average Bonchev–Trinajstić information content (AvgIpc) is 3.22. The number of likely N-dealkylation sites (tertiary alicyclic amines) is 1. The number of hydrogen-bond acceptors (Lipinski definition) is 6. The fourth-order valence-corrected chi connectivity index (χ4v) is 5.69. The summed E-state index contributed by atoms with van der Waals surface area (Å²) in [6.07, 6.45) is 5.35. The highest BCUT2D eigenvalue weighted by molar-refractivity contribution is 7.16. The third kappa shape index (κ3) is 5.12. The monoisotopic (exact) mass is 404 g/mol. The van der Waals surface area contributed by atoms with Gasteiger partial charge in [0, 0.05) is 31.1 Å². The van der Waals surface area contributed by atoms with Crippen molar-refractivity contribution < 1.29 is 9.53 Å². The minimum absolute atomic E-state index is 0.00501. The van der Waals surface area contributed by atoms with Crippen molar-refractivity contribution in [3.8, 4) is 6.07 Å². The first-order chi connectivity index (χ1) is 13.5. The van der Waals surface area contributed by atoms with E-state index in [9.17, 15) is 10.1 Å². The van der Waals surface area contributed by atoms with Crippen molar-refractivity contribution in [2.24, 2.45) is 5.92 Å². The first-order valence-electron chi connectivity index (χ1n) is 10.3. The van der Waals surface area contributed by atoms with E-state index in [1.54, 1.807) is 18.4 Å². The molecule has 2 atom stereocenters. The molecule has 0 aromatic carbocycles. The number of carbonyl (C=O) groups is 1. The van der Waals surface area contributed by atoms with Gasteiger partial charge in [0.25, 0.3) is 0 Å². The number of nitrogens with one attached hydrogen (secondary N) is 1. The summed E-state index contributed by atoms with van der Waals surface area (Å²) in [4.78, 5) is 18.6. The molecule has 1 N–H and O–H groups in total. The molecule has 1 fully saturated rings. The molecule has 6 nitrogen and oxygen atoms in total. The van der Waals surface area contributed by atoms with Gasteiger partial charge in [0.1, 0.15) is 11.1 Å². The number of methoxy groups -OCH3 is 1. The molecular weight excluding hydrogens is 372 g/mol. The molecule has 154 valence electrons. The lowest BCUT2D eigenvalue weighted by Crippen LogP contribution is -2.43. The second-order valence-electron chi connectivity index (χ2n) is 8.24. The number of thiophene rings is 1. The summed E-state index contributed by atoms with van der Waals surface area (Å²) in [6, 6.07) is 2.74. The maximum absolute atomic E-state index is 12.7. The zero-order valence-electron chi connectivity index (χ0n) is 17.3. The summed E-state index contributed by atoms with van der Waals surface area (Å²) in [5.41, 5.74) is 1.86. The van der Waals surface area contributed by atoms with Gasteiger partial charge >= 0.3 is 0 Å². The van der Waals surface area contributed by atoms with Gasteiger partial charge in [0.05, 0.1) is 18.7 Å². The van der Waals surface area contributed by atoms with E-state index in [4.69, 9.17) is 4.74 Å². The molecule has 28 heavy (non-hydrogen) atoms. The van der Waals surface area contributed by atoms with Crippen molar-refractivity contribution in [3.63, 3.8) is 0 Å². The predicted octanol–water partition coefficient (Wildman–Crippen LogP) is 2.73. The minimum Gasteiger partial charge on any atom is -0.383 e. The SMILES string of the molecule is COCCN(C)C[C@@H]1CCCN1CC(=O)Nc1sc2c(c1C#N)CC[C@H](C)C2. The number of rotatable bonds is 8. The standard InChI is InChI=1S/C21H32N4O2S/c1-15-6-7-17-18(12-22)21(28-19(17)11-15)23-20(26)14-25-8-4-5-16(25)13-24(2)9-10-27-3/h15-16H,4-11,13-14H2,1-3H3,(H,23,26)/t15-,16-/m0/s1. The molecule has 7 heteroatoms. The molecule has 1 aromatic rings. The second-order valence-corrected chi connectivity index (χ2v) is 9.34. The van der Waals surface area contributed by atoms with E-state index < -0.39 is 0 Å². The van der Waals surface area contributed by atoms with Crippen LogP contribution in [-0.2, 0) is 22.4 Å². The normalized spacial score (nSPS) is 22.2. The van der Waals surface area contributed by atoms with Crippen LogP contribution in [-0.4, -0.2) is 68.7 Å². The molecule has 0 spiro atoms. The van der Waals surface area contributed by atoms with Gasteiger partial charge in [-0.2, -0.15) is 5.26 Å². The number of amides is 1. The third-order valence-corrected chi connectivity index (χ3v) is 7.09. The van der Waals surface area contributed by atoms with E-state index in [2.05, 4.69) is 35.2 Å². The fourth-order valence-electron chi connectivity index (χ4n) is 4.32. The number of ether oxygens (including phenoxy) is 1. The number of hydrogen-bond donors (Lipinski definition) is 1. The predicted molar refractivity (Wildman–Crippen MR) is 113 cm³/mol.